The Kier molecular flexibility index (Phi) is 8.92. The number of halogens is 1. The summed E-state index contributed by atoms with van der Waals surface area (Å²) in [5, 5.41) is 6.04. The molecular formula is C23H27ClN2O2. The zero-order valence-electron chi connectivity index (χ0n) is 16.1. The van der Waals surface area contributed by atoms with E-state index in [0.717, 1.165) is 25.8 Å². The SMILES string of the molecule is C[C@H](CCCCc1ccc(OC=O)cc1)NCc1ccc2cnccc2c1.Cl. The van der Waals surface area contributed by atoms with Crippen molar-refractivity contribution in [2.45, 2.75) is 45.2 Å². The molecule has 0 fully saturated rings. The Bertz CT molecular complexity index is 868. The minimum absolute atomic E-state index is 0. The van der Waals surface area contributed by atoms with Crippen molar-refractivity contribution in [1.29, 1.82) is 0 Å². The number of hydrogen-bond donors (Lipinski definition) is 1. The van der Waals surface area contributed by atoms with Gasteiger partial charge in [0, 0.05) is 30.4 Å². The Morgan fingerprint density at radius 3 is 2.61 bits per heavy atom. The molecule has 0 aliphatic carbocycles. The number of rotatable bonds is 10. The zero-order valence-corrected chi connectivity index (χ0v) is 17.0. The fourth-order valence-corrected chi connectivity index (χ4v) is 3.21. The lowest BCUT2D eigenvalue weighted by Gasteiger charge is -2.14. The average Bonchev–Trinajstić information content (AvgIpc) is 2.71. The Morgan fingerprint density at radius 2 is 1.82 bits per heavy atom. The fourth-order valence-electron chi connectivity index (χ4n) is 3.21. The Balaban J connectivity index is 0.00000280. The van der Waals surface area contributed by atoms with E-state index in [2.05, 4.69) is 41.5 Å². The first-order chi connectivity index (χ1) is 13.2. The summed E-state index contributed by atoms with van der Waals surface area (Å²) in [6.07, 6.45) is 8.28. The van der Waals surface area contributed by atoms with Gasteiger partial charge in [-0.25, -0.2) is 0 Å². The van der Waals surface area contributed by atoms with Gasteiger partial charge in [-0.1, -0.05) is 30.7 Å². The molecule has 0 aliphatic rings. The van der Waals surface area contributed by atoms with Crippen LogP contribution in [-0.4, -0.2) is 17.5 Å². The van der Waals surface area contributed by atoms with Crippen LogP contribution < -0.4 is 10.1 Å². The number of carbonyl (C=O) groups is 1. The lowest BCUT2D eigenvalue weighted by Crippen LogP contribution is -2.25. The van der Waals surface area contributed by atoms with Crippen LogP contribution in [-0.2, 0) is 17.8 Å². The number of nitrogens with one attached hydrogen (secondary N) is 1. The topological polar surface area (TPSA) is 51.2 Å². The van der Waals surface area contributed by atoms with Gasteiger partial charge < -0.3 is 10.1 Å². The molecule has 3 rings (SSSR count). The first-order valence-electron chi connectivity index (χ1n) is 9.50. The van der Waals surface area contributed by atoms with Crippen LogP contribution in [0.25, 0.3) is 10.8 Å². The first kappa shape index (κ1) is 21.9. The number of ether oxygens (including phenoxy) is 1. The second kappa shape index (κ2) is 11.4. The molecular weight excluding hydrogens is 372 g/mol. The van der Waals surface area contributed by atoms with Gasteiger partial charge in [0.05, 0.1) is 0 Å². The quantitative estimate of drug-likeness (QED) is 0.382. The van der Waals surface area contributed by atoms with E-state index in [1.54, 1.807) is 0 Å². The smallest absolute Gasteiger partial charge is 0.298 e. The molecule has 4 nitrogen and oxygen atoms in total. The highest BCUT2D eigenvalue weighted by atomic mass is 35.5. The van der Waals surface area contributed by atoms with E-state index in [0.29, 0.717) is 18.3 Å². The highest BCUT2D eigenvalue weighted by molar-refractivity contribution is 5.85. The molecule has 28 heavy (non-hydrogen) atoms. The van der Waals surface area contributed by atoms with Crippen LogP contribution in [0.3, 0.4) is 0 Å². The summed E-state index contributed by atoms with van der Waals surface area (Å²) < 4.78 is 4.81. The summed E-state index contributed by atoms with van der Waals surface area (Å²) in [4.78, 5) is 14.5. The van der Waals surface area contributed by atoms with E-state index >= 15 is 0 Å². The molecule has 0 unspecified atom stereocenters. The van der Waals surface area contributed by atoms with Crippen LogP contribution in [0.5, 0.6) is 5.75 Å². The minimum Gasteiger partial charge on any atom is -0.429 e. The van der Waals surface area contributed by atoms with Gasteiger partial charge in [0.15, 0.2) is 0 Å². The van der Waals surface area contributed by atoms with E-state index in [4.69, 9.17) is 4.74 Å². The molecule has 0 bridgehead atoms. The molecule has 0 aliphatic heterocycles. The normalized spacial score (nSPS) is 11.6. The summed E-state index contributed by atoms with van der Waals surface area (Å²) in [6.45, 7) is 3.59. The largest absolute Gasteiger partial charge is 0.429 e. The van der Waals surface area contributed by atoms with Gasteiger partial charge in [0.1, 0.15) is 5.75 Å². The van der Waals surface area contributed by atoms with Crippen molar-refractivity contribution < 1.29 is 9.53 Å². The number of fused-ring (bicyclic) bond motifs is 1. The van der Waals surface area contributed by atoms with Crippen molar-refractivity contribution in [3.8, 4) is 5.75 Å². The summed E-state index contributed by atoms with van der Waals surface area (Å²) >= 11 is 0. The monoisotopic (exact) mass is 398 g/mol. The summed E-state index contributed by atoms with van der Waals surface area (Å²) in [7, 11) is 0. The van der Waals surface area contributed by atoms with Gasteiger partial charge in [0.25, 0.3) is 6.47 Å². The van der Waals surface area contributed by atoms with Crippen LogP contribution in [0.2, 0.25) is 0 Å². The van der Waals surface area contributed by atoms with Crippen molar-refractivity contribution in [1.82, 2.24) is 10.3 Å². The van der Waals surface area contributed by atoms with Gasteiger partial charge in [-0.15, -0.1) is 12.4 Å². The van der Waals surface area contributed by atoms with Crippen molar-refractivity contribution in [2.75, 3.05) is 0 Å². The minimum atomic E-state index is 0. The van der Waals surface area contributed by atoms with Gasteiger partial charge in [0.2, 0.25) is 0 Å². The molecule has 2 aromatic carbocycles. The lowest BCUT2D eigenvalue weighted by molar-refractivity contribution is -0.120. The van der Waals surface area contributed by atoms with Gasteiger partial charge in [-0.2, -0.15) is 0 Å². The molecule has 1 aromatic heterocycles. The van der Waals surface area contributed by atoms with Crippen molar-refractivity contribution in [3.63, 3.8) is 0 Å². The summed E-state index contributed by atoms with van der Waals surface area (Å²) in [5.41, 5.74) is 2.58. The van der Waals surface area contributed by atoms with E-state index in [1.807, 2.05) is 36.7 Å². The van der Waals surface area contributed by atoms with E-state index in [1.165, 1.54) is 28.3 Å². The third-order valence-corrected chi connectivity index (χ3v) is 4.82. The molecule has 0 spiro atoms. The number of benzene rings is 2. The third kappa shape index (κ3) is 6.63. The number of nitrogens with zero attached hydrogens (tertiary/aromatic N) is 1. The molecule has 3 aromatic rings. The standard InChI is InChI=1S/C23H26N2O2.ClH/c1-18(4-2-3-5-19-7-10-23(11-8-19)27-17-26)25-15-20-6-9-22-16-24-13-12-21(22)14-20;/h6-14,16-18,25H,2-5,15H2,1H3;1H/t18-;/m1./s1. The highest BCUT2D eigenvalue weighted by Gasteiger charge is 2.03. The van der Waals surface area contributed by atoms with Crippen LogP contribution in [0.15, 0.2) is 60.9 Å². The van der Waals surface area contributed by atoms with Gasteiger partial charge in [-0.05, 0) is 67.0 Å². The van der Waals surface area contributed by atoms with Crippen LogP contribution in [0.1, 0.15) is 37.3 Å². The highest BCUT2D eigenvalue weighted by Crippen LogP contribution is 2.16. The lowest BCUT2D eigenvalue weighted by atomic mass is 10.0. The molecule has 1 N–H and O–H groups in total. The average molecular weight is 399 g/mol. The summed E-state index contributed by atoms with van der Waals surface area (Å²) in [6, 6.07) is 16.8. The predicted molar refractivity (Wildman–Crippen MR) is 116 cm³/mol. The molecule has 0 saturated carbocycles. The number of pyridine rings is 1. The number of unbranched alkanes of at least 4 members (excludes halogenated alkanes) is 1. The van der Waals surface area contributed by atoms with Crippen molar-refractivity contribution in [3.05, 3.63) is 72.1 Å². The maximum atomic E-state index is 10.3. The fraction of sp³-hybridized carbons (Fsp3) is 0.304. The molecule has 5 heteroatoms. The molecule has 1 heterocycles. The van der Waals surface area contributed by atoms with Crippen LogP contribution in [0.4, 0.5) is 0 Å². The van der Waals surface area contributed by atoms with Crippen LogP contribution in [0, 0.1) is 0 Å². The number of aromatic nitrogens is 1. The molecule has 1 atom stereocenters. The number of hydrogen-bond acceptors (Lipinski definition) is 4. The molecule has 0 radical (unpaired) electrons. The van der Waals surface area contributed by atoms with E-state index in [-0.39, 0.29) is 12.4 Å². The predicted octanol–water partition coefficient (Wildman–Crippen LogP) is 5.08. The second-order valence-corrected chi connectivity index (χ2v) is 6.94. The maximum Gasteiger partial charge on any atom is 0.298 e. The van der Waals surface area contributed by atoms with E-state index in [9.17, 15) is 4.79 Å². The Labute approximate surface area is 172 Å². The molecule has 0 amide bonds. The van der Waals surface area contributed by atoms with E-state index < -0.39 is 0 Å². The van der Waals surface area contributed by atoms with Gasteiger partial charge in [-0.3, -0.25) is 9.78 Å². The Hall–Kier alpha value is -2.43. The third-order valence-electron chi connectivity index (χ3n) is 4.82. The second-order valence-electron chi connectivity index (χ2n) is 6.94. The maximum absolute atomic E-state index is 10.3. The number of carbonyl (C=O) groups excluding carboxylic acids is 1. The van der Waals surface area contributed by atoms with Crippen molar-refractivity contribution >= 4 is 29.7 Å². The first-order valence-corrected chi connectivity index (χ1v) is 9.50. The zero-order chi connectivity index (χ0) is 18.9. The summed E-state index contributed by atoms with van der Waals surface area (Å²) in [5.74, 6) is 0.594. The van der Waals surface area contributed by atoms with Crippen LogP contribution >= 0.6 is 12.4 Å². The van der Waals surface area contributed by atoms with Crippen molar-refractivity contribution in [2.24, 2.45) is 0 Å². The molecule has 0 saturated heterocycles. The Morgan fingerprint density at radius 1 is 1.04 bits per heavy atom. The number of aryl methyl sites for hydroxylation is 1. The van der Waals surface area contributed by atoms with Gasteiger partial charge >= 0.3 is 0 Å². The molecule has 148 valence electrons.